The van der Waals surface area contributed by atoms with Crippen molar-refractivity contribution in [1.82, 2.24) is 4.90 Å². The van der Waals surface area contributed by atoms with Crippen LogP contribution in [0, 0.1) is 5.92 Å². The Morgan fingerprint density at radius 1 is 1.58 bits per heavy atom. The first kappa shape index (κ1) is 14.8. The van der Waals surface area contributed by atoms with Crippen molar-refractivity contribution in [2.75, 3.05) is 31.5 Å². The first-order valence-electron chi connectivity index (χ1n) is 6.65. The third-order valence-electron chi connectivity index (χ3n) is 3.65. The molecule has 2 rings (SSSR count). The maximum Gasteiger partial charge on any atom is 0.106 e. The van der Waals surface area contributed by atoms with Crippen molar-refractivity contribution in [3.63, 3.8) is 0 Å². The van der Waals surface area contributed by atoms with Gasteiger partial charge in [0.1, 0.15) is 4.99 Å². The molecule has 0 bridgehead atoms. The number of benzene rings is 1. The highest BCUT2D eigenvalue weighted by Gasteiger charge is 2.21. The van der Waals surface area contributed by atoms with Crippen molar-refractivity contribution in [3.05, 3.63) is 28.2 Å². The Morgan fingerprint density at radius 2 is 2.37 bits per heavy atom. The summed E-state index contributed by atoms with van der Waals surface area (Å²) < 4.78 is 1.04. The zero-order chi connectivity index (χ0) is 13.8. The van der Waals surface area contributed by atoms with Gasteiger partial charge in [0.2, 0.25) is 0 Å². The predicted molar refractivity (Wildman–Crippen MR) is 88.7 cm³/mol. The minimum atomic E-state index is 0.441. The van der Waals surface area contributed by atoms with E-state index in [1.165, 1.54) is 19.5 Å². The van der Waals surface area contributed by atoms with Crippen LogP contribution in [-0.2, 0) is 0 Å². The summed E-state index contributed by atoms with van der Waals surface area (Å²) in [5.74, 6) is 0.707. The molecule has 1 atom stereocenters. The highest BCUT2D eigenvalue weighted by Crippen LogP contribution is 2.23. The van der Waals surface area contributed by atoms with Gasteiger partial charge in [-0.25, -0.2) is 0 Å². The topological polar surface area (TPSA) is 41.3 Å². The molecule has 0 spiro atoms. The van der Waals surface area contributed by atoms with Gasteiger partial charge >= 0.3 is 0 Å². The number of hydrogen-bond acceptors (Lipinski definition) is 3. The summed E-state index contributed by atoms with van der Waals surface area (Å²) in [6, 6.07) is 5.97. The van der Waals surface area contributed by atoms with Crippen LogP contribution >= 0.6 is 28.1 Å². The summed E-state index contributed by atoms with van der Waals surface area (Å²) in [7, 11) is 0. The van der Waals surface area contributed by atoms with Crippen LogP contribution in [0.4, 0.5) is 5.69 Å². The second kappa shape index (κ2) is 6.68. The summed E-state index contributed by atoms with van der Waals surface area (Å²) in [6.45, 7) is 6.73. The van der Waals surface area contributed by atoms with Gasteiger partial charge in [-0.05, 0) is 43.6 Å². The lowest BCUT2D eigenvalue weighted by Gasteiger charge is -2.16. The second-order valence-electron chi connectivity index (χ2n) is 4.98. The monoisotopic (exact) mass is 341 g/mol. The molecule has 1 aliphatic rings. The van der Waals surface area contributed by atoms with Crippen LogP contribution in [-0.4, -0.2) is 36.1 Å². The molecule has 19 heavy (non-hydrogen) atoms. The Bertz CT molecular complexity index is 464. The van der Waals surface area contributed by atoms with E-state index in [0.29, 0.717) is 10.9 Å². The Balaban J connectivity index is 1.99. The first-order chi connectivity index (χ1) is 9.10. The van der Waals surface area contributed by atoms with Gasteiger partial charge in [0, 0.05) is 28.8 Å². The van der Waals surface area contributed by atoms with Gasteiger partial charge in [0.05, 0.1) is 0 Å². The van der Waals surface area contributed by atoms with Crippen molar-refractivity contribution < 1.29 is 0 Å². The average Bonchev–Trinajstić information content (AvgIpc) is 2.84. The summed E-state index contributed by atoms with van der Waals surface area (Å²) in [4.78, 5) is 2.93. The van der Waals surface area contributed by atoms with Gasteiger partial charge in [0.25, 0.3) is 0 Å². The number of rotatable bonds is 5. The van der Waals surface area contributed by atoms with E-state index in [-0.39, 0.29) is 0 Å². The quantitative estimate of drug-likeness (QED) is 0.808. The fourth-order valence-corrected chi connectivity index (χ4v) is 3.04. The maximum atomic E-state index is 5.76. The number of anilines is 1. The largest absolute Gasteiger partial charge is 0.389 e. The maximum absolute atomic E-state index is 5.76. The van der Waals surface area contributed by atoms with E-state index in [1.807, 2.05) is 18.2 Å². The zero-order valence-corrected chi connectivity index (χ0v) is 13.6. The number of hydrogen-bond donors (Lipinski definition) is 2. The van der Waals surface area contributed by atoms with Crippen molar-refractivity contribution in [2.24, 2.45) is 11.7 Å². The van der Waals surface area contributed by atoms with Crippen LogP contribution in [0.5, 0.6) is 0 Å². The molecule has 1 saturated heterocycles. The van der Waals surface area contributed by atoms with Gasteiger partial charge in [-0.15, -0.1) is 0 Å². The Morgan fingerprint density at radius 3 is 3.00 bits per heavy atom. The van der Waals surface area contributed by atoms with Gasteiger partial charge in [-0.3, -0.25) is 0 Å². The van der Waals surface area contributed by atoms with E-state index in [2.05, 4.69) is 33.1 Å². The summed E-state index contributed by atoms with van der Waals surface area (Å²) in [5, 5.41) is 3.50. The number of nitrogens with one attached hydrogen (secondary N) is 1. The molecule has 1 heterocycles. The predicted octanol–water partition coefficient (Wildman–Crippen LogP) is 2.84. The molecule has 104 valence electrons. The van der Waals surface area contributed by atoms with Crippen LogP contribution in [0.25, 0.3) is 0 Å². The molecule has 1 fully saturated rings. The van der Waals surface area contributed by atoms with Gasteiger partial charge in [0.15, 0.2) is 0 Å². The summed E-state index contributed by atoms with van der Waals surface area (Å²) in [6.07, 6.45) is 1.26. The van der Waals surface area contributed by atoms with Crippen molar-refractivity contribution >= 4 is 38.8 Å². The van der Waals surface area contributed by atoms with Crippen LogP contribution in [0.15, 0.2) is 22.7 Å². The average molecular weight is 342 g/mol. The van der Waals surface area contributed by atoms with E-state index in [0.717, 1.165) is 28.8 Å². The lowest BCUT2D eigenvalue weighted by Crippen LogP contribution is -2.23. The van der Waals surface area contributed by atoms with Crippen molar-refractivity contribution in [3.8, 4) is 0 Å². The lowest BCUT2D eigenvalue weighted by atomic mass is 10.1. The lowest BCUT2D eigenvalue weighted by molar-refractivity contribution is 0.345. The second-order valence-corrected chi connectivity index (χ2v) is 6.34. The Hall–Kier alpha value is -0.650. The van der Waals surface area contributed by atoms with Crippen LogP contribution < -0.4 is 11.1 Å². The van der Waals surface area contributed by atoms with E-state index in [1.54, 1.807) is 0 Å². The smallest absolute Gasteiger partial charge is 0.106 e. The highest BCUT2D eigenvalue weighted by atomic mass is 79.9. The molecular formula is C14H20BrN3S. The van der Waals surface area contributed by atoms with E-state index in [4.69, 9.17) is 18.0 Å². The van der Waals surface area contributed by atoms with Crippen molar-refractivity contribution in [1.29, 1.82) is 0 Å². The SMILES string of the molecule is CCN1CCC(CNc2cc(Br)ccc2C(N)=S)C1. The first-order valence-corrected chi connectivity index (χ1v) is 7.86. The van der Waals surface area contributed by atoms with Gasteiger partial charge in [-0.2, -0.15) is 0 Å². The zero-order valence-electron chi connectivity index (χ0n) is 11.2. The van der Waals surface area contributed by atoms with E-state index in [9.17, 15) is 0 Å². The van der Waals surface area contributed by atoms with Gasteiger partial charge < -0.3 is 16.0 Å². The molecule has 0 amide bonds. The molecule has 3 N–H and O–H groups in total. The highest BCUT2D eigenvalue weighted by molar-refractivity contribution is 9.10. The number of nitrogens with zero attached hydrogens (tertiary/aromatic N) is 1. The number of halogens is 1. The number of nitrogens with two attached hydrogens (primary N) is 1. The Kier molecular flexibility index (Phi) is 5.19. The molecule has 1 aromatic rings. The molecule has 1 unspecified atom stereocenters. The number of likely N-dealkylation sites (tertiary alicyclic amines) is 1. The third-order valence-corrected chi connectivity index (χ3v) is 4.36. The molecule has 1 aromatic carbocycles. The molecule has 0 aliphatic carbocycles. The standard InChI is InChI=1S/C14H20BrN3S/c1-2-18-6-5-10(9-18)8-17-13-7-11(15)3-4-12(13)14(16)19/h3-4,7,10,17H,2,5-6,8-9H2,1H3,(H2,16,19). The third kappa shape index (κ3) is 3.91. The normalized spacial score (nSPS) is 19.6. The van der Waals surface area contributed by atoms with E-state index < -0.39 is 0 Å². The Labute approximate surface area is 128 Å². The molecule has 0 aromatic heterocycles. The molecule has 0 saturated carbocycles. The molecular weight excluding hydrogens is 322 g/mol. The van der Waals surface area contributed by atoms with E-state index >= 15 is 0 Å². The minimum Gasteiger partial charge on any atom is -0.389 e. The molecule has 1 aliphatic heterocycles. The fraction of sp³-hybridized carbons (Fsp3) is 0.500. The molecule has 0 radical (unpaired) electrons. The van der Waals surface area contributed by atoms with Crippen LogP contribution in [0.3, 0.4) is 0 Å². The fourth-order valence-electron chi connectivity index (χ4n) is 2.50. The van der Waals surface area contributed by atoms with Crippen LogP contribution in [0.2, 0.25) is 0 Å². The molecule has 3 nitrogen and oxygen atoms in total. The van der Waals surface area contributed by atoms with Crippen LogP contribution in [0.1, 0.15) is 18.9 Å². The number of thiocarbonyl (C=S) groups is 1. The summed E-state index contributed by atoms with van der Waals surface area (Å²) >= 11 is 8.58. The minimum absolute atomic E-state index is 0.441. The molecule has 5 heteroatoms. The van der Waals surface area contributed by atoms with Crippen molar-refractivity contribution in [2.45, 2.75) is 13.3 Å². The van der Waals surface area contributed by atoms with Gasteiger partial charge in [-0.1, -0.05) is 35.1 Å². The summed E-state index contributed by atoms with van der Waals surface area (Å²) in [5.41, 5.74) is 7.70.